The van der Waals surface area contributed by atoms with E-state index in [-0.39, 0.29) is 27.7 Å². The standard InChI is InChI=1S/C16H13ClN4O3S/c1-24-11-4-2-3-5-12(11)25-8-6-9(17)13(10(22)7-8)14-15(16(18)23)20-21-19-14/h2-7,22H,1H3,(H2,18,23)(H,19,20,21). The molecular weight excluding hydrogens is 364 g/mol. The highest BCUT2D eigenvalue weighted by Gasteiger charge is 2.22. The Morgan fingerprint density at radius 2 is 2.08 bits per heavy atom. The number of phenols is 1. The number of phenolic OH excluding ortho intramolecular Hbond substituents is 1. The van der Waals surface area contributed by atoms with Gasteiger partial charge >= 0.3 is 0 Å². The molecule has 1 aromatic heterocycles. The zero-order valence-corrected chi connectivity index (χ0v) is 14.6. The SMILES string of the molecule is COc1ccccc1Sc1cc(O)c(-c2n[nH]nc2C(N)=O)c(Cl)c1. The van der Waals surface area contributed by atoms with Gasteiger partial charge in [-0.05, 0) is 24.3 Å². The number of benzene rings is 2. The van der Waals surface area contributed by atoms with Gasteiger partial charge in [0.15, 0.2) is 5.69 Å². The number of aromatic amines is 1. The largest absolute Gasteiger partial charge is 0.507 e. The summed E-state index contributed by atoms with van der Waals surface area (Å²) in [6.45, 7) is 0. The van der Waals surface area contributed by atoms with Crippen LogP contribution in [0.15, 0.2) is 46.2 Å². The topological polar surface area (TPSA) is 114 Å². The minimum Gasteiger partial charge on any atom is -0.507 e. The summed E-state index contributed by atoms with van der Waals surface area (Å²) >= 11 is 7.68. The van der Waals surface area contributed by atoms with Crippen molar-refractivity contribution in [2.24, 2.45) is 5.73 Å². The van der Waals surface area contributed by atoms with Crippen LogP contribution in [0.4, 0.5) is 0 Å². The molecule has 128 valence electrons. The second-order valence-corrected chi connectivity index (χ2v) is 6.46. The van der Waals surface area contributed by atoms with Crippen molar-refractivity contribution in [3.05, 3.63) is 47.1 Å². The van der Waals surface area contributed by atoms with E-state index < -0.39 is 5.91 Å². The van der Waals surface area contributed by atoms with Crippen molar-refractivity contribution in [3.63, 3.8) is 0 Å². The van der Waals surface area contributed by atoms with Crippen LogP contribution in [-0.4, -0.2) is 33.5 Å². The van der Waals surface area contributed by atoms with Crippen molar-refractivity contribution in [2.45, 2.75) is 9.79 Å². The summed E-state index contributed by atoms with van der Waals surface area (Å²) < 4.78 is 5.31. The Hall–Kier alpha value is -2.71. The fourth-order valence-corrected chi connectivity index (χ4v) is 3.64. The Bertz CT molecular complexity index is 922. The number of aromatic nitrogens is 3. The van der Waals surface area contributed by atoms with E-state index in [4.69, 9.17) is 22.1 Å². The number of primary amides is 1. The molecule has 0 spiro atoms. The van der Waals surface area contributed by atoms with Gasteiger partial charge in [-0.2, -0.15) is 15.4 Å². The number of carbonyl (C=O) groups is 1. The van der Waals surface area contributed by atoms with Crippen LogP contribution in [0, 0.1) is 0 Å². The predicted molar refractivity (Wildman–Crippen MR) is 94.1 cm³/mol. The van der Waals surface area contributed by atoms with Crippen molar-refractivity contribution >= 4 is 29.3 Å². The van der Waals surface area contributed by atoms with Crippen LogP contribution in [0.25, 0.3) is 11.3 Å². The highest BCUT2D eigenvalue weighted by Crippen LogP contribution is 2.42. The Morgan fingerprint density at radius 1 is 1.32 bits per heavy atom. The summed E-state index contributed by atoms with van der Waals surface area (Å²) in [6, 6.07) is 10.7. The van der Waals surface area contributed by atoms with Crippen LogP contribution in [-0.2, 0) is 0 Å². The number of hydrogen-bond donors (Lipinski definition) is 3. The summed E-state index contributed by atoms with van der Waals surface area (Å²) in [5, 5.41) is 20.5. The lowest BCUT2D eigenvalue weighted by Crippen LogP contribution is -2.12. The van der Waals surface area contributed by atoms with Gasteiger partial charge in [-0.3, -0.25) is 4.79 Å². The van der Waals surface area contributed by atoms with Crippen molar-refractivity contribution in [2.75, 3.05) is 7.11 Å². The molecule has 0 bridgehead atoms. The van der Waals surface area contributed by atoms with Gasteiger partial charge in [0.1, 0.15) is 17.2 Å². The third-order valence-electron chi connectivity index (χ3n) is 3.36. The molecule has 4 N–H and O–H groups in total. The zero-order chi connectivity index (χ0) is 18.0. The van der Waals surface area contributed by atoms with Gasteiger partial charge in [0, 0.05) is 4.90 Å². The van der Waals surface area contributed by atoms with Crippen LogP contribution >= 0.6 is 23.4 Å². The average Bonchev–Trinajstić information content (AvgIpc) is 3.04. The number of hydrogen-bond acceptors (Lipinski definition) is 6. The highest BCUT2D eigenvalue weighted by atomic mass is 35.5. The van der Waals surface area contributed by atoms with Gasteiger partial charge < -0.3 is 15.6 Å². The van der Waals surface area contributed by atoms with Crippen LogP contribution in [0.2, 0.25) is 5.02 Å². The molecule has 1 heterocycles. The molecular formula is C16H13ClN4O3S. The molecule has 0 aliphatic heterocycles. The number of H-pyrrole nitrogens is 1. The quantitative estimate of drug-likeness (QED) is 0.630. The summed E-state index contributed by atoms with van der Waals surface area (Å²) in [5.41, 5.74) is 5.45. The minimum atomic E-state index is -0.772. The molecule has 0 unspecified atom stereocenters. The molecule has 0 radical (unpaired) electrons. The molecule has 2 aromatic carbocycles. The van der Waals surface area contributed by atoms with Gasteiger partial charge in [-0.15, -0.1) is 0 Å². The monoisotopic (exact) mass is 376 g/mol. The average molecular weight is 377 g/mol. The fraction of sp³-hybridized carbons (Fsp3) is 0.0625. The van der Waals surface area contributed by atoms with E-state index in [0.717, 1.165) is 4.90 Å². The highest BCUT2D eigenvalue weighted by molar-refractivity contribution is 7.99. The van der Waals surface area contributed by atoms with Crippen LogP contribution in [0.3, 0.4) is 0 Å². The summed E-state index contributed by atoms with van der Waals surface area (Å²) in [5.74, 6) is -0.201. The molecule has 0 aliphatic carbocycles. The van der Waals surface area contributed by atoms with Crippen molar-refractivity contribution in [3.8, 4) is 22.8 Å². The molecule has 9 heteroatoms. The number of aromatic hydroxyl groups is 1. The number of nitrogens with zero attached hydrogens (tertiary/aromatic N) is 2. The van der Waals surface area contributed by atoms with Crippen molar-refractivity contribution in [1.29, 1.82) is 0 Å². The first-order valence-corrected chi connectivity index (χ1v) is 8.25. The maximum absolute atomic E-state index is 11.4. The van der Waals surface area contributed by atoms with E-state index in [2.05, 4.69) is 15.4 Å². The molecule has 7 nitrogen and oxygen atoms in total. The first kappa shape index (κ1) is 17.1. The van der Waals surface area contributed by atoms with E-state index >= 15 is 0 Å². The zero-order valence-electron chi connectivity index (χ0n) is 13.0. The van der Waals surface area contributed by atoms with E-state index in [9.17, 15) is 9.90 Å². The van der Waals surface area contributed by atoms with Gasteiger partial charge in [0.25, 0.3) is 5.91 Å². The summed E-state index contributed by atoms with van der Waals surface area (Å²) in [6.07, 6.45) is 0. The van der Waals surface area contributed by atoms with Gasteiger partial charge in [0.05, 0.1) is 22.6 Å². The predicted octanol–water partition coefficient (Wildman–Crippen LogP) is 3.09. The number of methoxy groups -OCH3 is 1. The van der Waals surface area contributed by atoms with E-state index in [1.54, 1.807) is 13.2 Å². The second kappa shape index (κ2) is 7.04. The lowest BCUT2D eigenvalue weighted by Gasteiger charge is -2.11. The Kier molecular flexibility index (Phi) is 4.82. The maximum Gasteiger partial charge on any atom is 0.271 e. The lowest BCUT2D eigenvalue weighted by molar-refractivity contribution is 0.0996. The van der Waals surface area contributed by atoms with Crippen LogP contribution < -0.4 is 10.5 Å². The number of nitrogens with two attached hydrogens (primary N) is 1. The molecule has 0 saturated carbocycles. The number of amides is 1. The van der Waals surface area contributed by atoms with Gasteiger partial charge in [0.2, 0.25) is 0 Å². The number of para-hydroxylation sites is 1. The van der Waals surface area contributed by atoms with Crippen LogP contribution in [0.5, 0.6) is 11.5 Å². The Balaban J connectivity index is 2.01. The van der Waals surface area contributed by atoms with Gasteiger partial charge in [-0.1, -0.05) is 35.5 Å². The third kappa shape index (κ3) is 3.40. The number of nitrogens with one attached hydrogen (secondary N) is 1. The van der Waals surface area contributed by atoms with E-state index in [1.807, 2.05) is 24.3 Å². The number of ether oxygens (including phenoxy) is 1. The number of carbonyl (C=O) groups excluding carboxylic acids is 1. The van der Waals surface area contributed by atoms with E-state index in [1.165, 1.54) is 17.8 Å². The third-order valence-corrected chi connectivity index (χ3v) is 4.68. The van der Waals surface area contributed by atoms with Crippen molar-refractivity contribution in [1.82, 2.24) is 15.4 Å². The summed E-state index contributed by atoms with van der Waals surface area (Å²) in [7, 11) is 1.59. The maximum atomic E-state index is 11.4. The van der Waals surface area contributed by atoms with Crippen molar-refractivity contribution < 1.29 is 14.6 Å². The molecule has 1 amide bonds. The molecule has 0 saturated heterocycles. The Morgan fingerprint density at radius 3 is 2.76 bits per heavy atom. The fourth-order valence-electron chi connectivity index (χ4n) is 2.27. The molecule has 0 aliphatic rings. The van der Waals surface area contributed by atoms with Gasteiger partial charge in [-0.25, -0.2) is 0 Å². The number of rotatable bonds is 5. The first-order chi connectivity index (χ1) is 12.0. The number of halogens is 1. The second-order valence-electron chi connectivity index (χ2n) is 4.94. The molecule has 0 fully saturated rings. The molecule has 3 rings (SSSR count). The first-order valence-electron chi connectivity index (χ1n) is 7.05. The van der Waals surface area contributed by atoms with Crippen LogP contribution in [0.1, 0.15) is 10.5 Å². The summed E-state index contributed by atoms with van der Waals surface area (Å²) in [4.78, 5) is 13.0. The Labute approximate surface area is 152 Å². The molecule has 0 atom stereocenters. The van der Waals surface area contributed by atoms with E-state index in [0.29, 0.717) is 10.6 Å². The normalized spacial score (nSPS) is 10.6. The smallest absolute Gasteiger partial charge is 0.271 e. The minimum absolute atomic E-state index is 0.0951. The lowest BCUT2D eigenvalue weighted by atomic mass is 10.1. The molecule has 25 heavy (non-hydrogen) atoms. The molecule has 3 aromatic rings.